The molecule has 0 spiro atoms. The van der Waals surface area contributed by atoms with Crippen molar-refractivity contribution in [1.82, 2.24) is 0 Å². The van der Waals surface area contributed by atoms with E-state index >= 15 is 0 Å². The Kier molecular flexibility index (Phi) is 6.42. The first kappa shape index (κ1) is 19.5. The summed E-state index contributed by atoms with van der Waals surface area (Å²) in [4.78, 5) is 64.9. The monoisotopic (exact) mass is 360 g/mol. The zero-order valence-electron chi connectivity index (χ0n) is 11.0. The predicted octanol–water partition coefficient (Wildman–Crippen LogP) is -3.24. The van der Waals surface area contributed by atoms with Crippen LogP contribution in [0.15, 0.2) is 0 Å². The molecular weight excluding hydrogens is 345 g/mol. The second-order valence-corrected chi connectivity index (χ2v) is 10.3. The Balaban J connectivity index is 2.81. The maximum atomic E-state index is 10.9. The van der Waals surface area contributed by atoms with Gasteiger partial charge in [0.2, 0.25) is 0 Å². The molecule has 1 fully saturated rings. The van der Waals surface area contributed by atoms with Gasteiger partial charge in [-0.15, -0.1) is 0 Å². The van der Waals surface area contributed by atoms with E-state index in [1.54, 1.807) is 0 Å². The van der Waals surface area contributed by atoms with Crippen LogP contribution >= 0.6 is 22.8 Å². The molecule has 0 aromatic rings. The lowest BCUT2D eigenvalue weighted by atomic mass is 9.76. The van der Waals surface area contributed by atoms with Gasteiger partial charge in [-0.2, -0.15) is 0 Å². The van der Waals surface area contributed by atoms with E-state index in [-0.39, 0.29) is 19.3 Å². The lowest BCUT2D eigenvalue weighted by Crippen LogP contribution is -2.37. The number of rotatable bonds is 6. The quantitative estimate of drug-likeness (QED) is 0.438. The minimum atomic E-state index is -4.93. The van der Waals surface area contributed by atoms with Gasteiger partial charge in [-0.1, -0.05) is 22.8 Å². The number of hydrogen-bond acceptors (Lipinski definition) is 9. The van der Waals surface area contributed by atoms with Gasteiger partial charge in [-0.3, -0.25) is 0 Å². The molecule has 0 bridgehead atoms. The fourth-order valence-electron chi connectivity index (χ4n) is 2.94. The summed E-state index contributed by atoms with van der Waals surface area (Å²) in [6.45, 7) is 0. The molecule has 126 valence electrons. The highest BCUT2D eigenvalue weighted by atomic mass is 31.2. The third kappa shape index (κ3) is 8.60. The minimum Gasteiger partial charge on any atom is -0.811 e. The van der Waals surface area contributed by atoms with Crippen LogP contribution in [-0.4, -0.2) is 18.5 Å². The van der Waals surface area contributed by atoms with E-state index in [9.17, 15) is 43.1 Å². The predicted molar refractivity (Wildman–Crippen MR) is 61.7 cm³/mol. The number of hydrogen-bond donors (Lipinski definition) is 0. The van der Waals surface area contributed by atoms with Crippen LogP contribution < -0.4 is 29.4 Å². The molecule has 1 saturated carbocycles. The molecule has 3 atom stereocenters. The maximum Gasteiger partial charge on any atom is -0.0219 e. The maximum absolute atomic E-state index is 10.9. The van der Waals surface area contributed by atoms with Crippen molar-refractivity contribution in [3.63, 3.8) is 0 Å². The van der Waals surface area contributed by atoms with E-state index in [1.165, 1.54) is 0 Å². The molecule has 0 radical (unpaired) electrons. The SMILES string of the molecule is O=P([O-])([O-])CC1CCC(CP(=O)([O-])[O-])[C@H](CP(=O)([O-])[O-])C1. The molecule has 12 heteroatoms. The second kappa shape index (κ2) is 6.91. The first-order chi connectivity index (χ1) is 9.25. The van der Waals surface area contributed by atoms with Crippen molar-refractivity contribution in [3.05, 3.63) is 0 Å². The van der Waals surface area contributed by atoms with Gasteiger partial charge < -0.3 is 43.1 Å². The highest BCUT2D eigenvalue weighted by molar-refractivity contribution is 7.49. The molecule has 1 rings (SSSR count). The Bertz CT molecular complexity index is 489. The van der Waals surface area contributed by atoms with Gasteiger partial charge in [0.05, 0.1) is 0 Å². The highest BCUT2D eigenvalue weighted by Crippen LogP contribution is 2.46. The van der Waals surface area contributed by atoms with Crippen molar-refractivity contribution in [2.45, 2.75) is 19.3 Å². The molecule has 21 heavy (non-hydrogen) atoms. The van der Waals surface area contributed by atoms with Crippen LogP contribution in [0.3, 0.4) is 0 Å². The Morgan fingerprint density at radius 2 is 1.10 bits per heavy atom. The fraction of sp³-hybridized carbons (Fsp3) is 1.00. The van der Waals surface area contributed by atoms with Crippen LogP contribution in [0.4, 0.5) is 0 Å². The molecular formula is C9H15O9P3-6. The average Bonchev–Trinajstić information content (AvgIpc) is 2.15. The van der Waals surface area contributed by atoms with E-state index in [2.05, 4.69) is 0 Å². The lowest BCUT2D eigenvalue weighted by Gasteiger charge is -2.46. The van der Waals surface area contributed by atoms with Gasteiger partial charge in [0.15, 0.2) is 0 Å². The molecule has 0 heterocycles. The summed E-state index contributed by atoms with van der Waals surface area (Å²) in [6, 6.07) is 0. The Morgan fingerprint density at radius 1 is 0.667 bits per heavy atom. The van der Waals surface area contributed by atoms with Crippen LogP contribution in [0, 0.1) is 17.8 Å². The van der Waals surface area contributed by atoms with Gasteiger partial charge in [0.1, 0.15) is 0 Å². The van der Waals surface area contributed by atoms with E-state index in [0.29, 0.717) is 0 Å². The lowest BCUT2D eigenvalue weighted by molar-refractivity contribution is -0.318. The van der Waals surface area contributed by atoms with Crippen molar-refractivity contribution in [1.29, 1.82) is 0 Å². The smallest absolute Gasteiger partial charge is 0.0219 e. The fourth-order valence-corrected chi connectivity index (χ4v) is 5.99. The average molecular weight is 360 g/mol. The molecule has 0 saturated heterocycles. The van der Waals surface area contributed by atoms with Crippen molar-refractivity contribution in [3.8, 4) is 0 Å². The van der Waals surface area contributed by atoms with Crippen molar-refractivity contribution >= 4 is 22.8 Å². The first-order valence-corrected chi connectivity index (χ1v) is 11.5. The van der Waals surface area contributed by atoms with Gasteiger partial charge >= 0.3 is 0 Å². The molecule has 0 aromatic carbocycles. The first-order valence-electron chi connectivity index (χ1n) is 6.28. The largest absolute Gasteiger partial charge is 0.811 e. The van der Waals surface area contributed by atoms with Crippen molar-refractivity contribution in [2.24, 2.45) is 17.8 Å². The van der Waals surface area contributed by atoms with Crippen LogP contribution in [0.1, 0.15) is 19.3 Å². The molecule has 1 aliphatic rings. The van der Waals surface area contributed by atoms with Gasteiger partial charge in [0.25, 0.3) is 0 Å². The topological polar surface area (TPSA) is 190 Å². The molecule has 0 N–H and O–H groups in total. The van der Waals surface area contributed by atoms with E-state index in [1.807, 2.05) is 0 Å². The van der Waals surface area contributed by atoms with Crippen LogP contribution in [-0.2, 0) is 13.7 Å². The summed E-state index contributed by atoms with van der Waals surface area (Å²) in [5, 5.41) is 0. The van der Waals surface area contributed by atoms with Crippen molar-refractivity contribution < 1.29 is 43.1 Å². The standard InChI is InChI=1S/C9H21O9P3/c10-19(11,12)4-7-1-2-8(5-20(13,14)15)9(3-7)6-21(16,17)18/h7-9H,1-6H2,(H2,10,11,12)(H2,13,14,15)(H2,16,17,18)/p-6/t7?,8?,9-/m0/s1. The van der Waals surface area contributed by atoms with Crippen LogP contribution in [0.25, 0.3) is 0 Å². The Morgan fingerprint density at radius 3 is 1.52 bits per heavy atom. The van der Waals surface area contributed by atoms with Crippen LogP contribution in [0.2, 0.25) is 0 Å². The van der Waals surface area contributed by atoms with E-state index < -0.39 is 59.0 Å². The Hall–Kier alpha value is 0.450. The minimum absolute atomic E-state index is 0.0619. The summed E-state index contributed by atoms with van der Waals surface area (Å²) in [5.74, 6) is -2.32. The van der Waals surface area contributed by atoms with Gasteiger partial charge in [-0.05, 0) is 55.5 Å². The molecule has 1 aliphatic carbocycles. The Labute approximate surface area is 122 Å². The third-order valence-electron chi connectivity index (χ3n) is 3.65. The van der Waals surface area contributed by atoms with Crippen LogP contribution in [0.5, 0.6) is 0 Å². The second-order valence-electron chi connectivity index (χ2n) is 5.58. The van der Waals surface area contributed by atoms with E-state index in [4.69, 9.17) is 0 Å². The molecule has 2 unspecified atom stereocenters. The summed E-state index contributed by atoms with van der Waals surface area (Å²) in [6.07, 6.45) is -2.02. The summed E-state index contributed by atoms with van der Waals surface area (Å²) >= 11 is 0. The zero-order chi connectivity index (χ0) is 16.5. The summed E-state index contributed by atoms with van der Waals surface area (Å²) < 4.78 is 32.4. The highest BCUT2D eigenvalue weighted by Gasteiger charge is 2.31. The molecule has 0 aliphatic heterocycles. The third-order valence-corrected chi connectivity index (χ3v) is 6.44. The molecule has 0 aromatic heterocycles. The normalized spacial score (nSPS) is 28.6. The van der Waals surface area contributed by atoms with Crippen molar-refractivity contribution in [2.75, 3.05) is 18.5 Å². The summed E-state index contributed by atoms with van der Waals surface area (Å²) in [7, 11) is -14.6. The van der Waals surface area contributed by atoms with Gasteiger partial charge in [0, 0.05) is 0 Å². The summed E-state index contributed by atoms with van der Waals surface area (Å²) in [5.41, 5.74) is 0. The zero-order valence-corrected chi connectivity index (χ0v) is 13.7. The molecule has 0 amide bonds. The molecule has 9 nitrogen and oxygen atoms in total. The van der Waals surface area contributed by atoms with Gasteiger partial charge in [-0.25, -0.2) is 0 Å². The van der Waals surface area contributed by atoms with E-state index in [0.717, 1.165) is 0 Å².